The Bertz CT molecular complexity index is 384. The third kappa shape index (κ3) is 3.25. The predicted molar refractivity (Wildman–Crippen MR) is 78.0 cm³/mol. The van der Waals surface area contributed by atoms with Gasteiger partial charge >= 0.3 is 0 Å². The molecule has 2 N–H and O–H groups in total. The number of benzene rings is 1. The number of nitrogens with zero attached hydrogens (tertiary/aromatic N) is 1. The summed E-state index contributed by atoms with van der Waals surface area (Å²) in [5.74, 6) is 0. The molecular weight excluding hydrogens is 244 g/mol. The van der Waals surface area contributed by atoms with Crippen LogP contribution in [0, 0.1) is 6.92 Å². The molecule has 0 aliphatic carbocycles. The van der Waals surface area contributed by atoms with Crippen LogP contribution in [0.5, 0.6) is 0 Å². The molecule has 0 spiro atoms. The Balaban J connectivity index is 2.20. The maximum atomic E-state index is 6.03. The monoisotopic (exact) mass is 266 g/mol. The second kappa shape index (κ2) is 6.55. The van der Waals surface area contributed by atoms with Gasteiger partial charge in [-0.15, -0.1) is 0 Å². The average molecular weight is 267 g/mol. The van der Waals surface area contributed by atoms with E-state index in [1.807, 2.05) is 12.1 Å². The van der Waals surface area contributed by atoms with E-state index in [9.17, 15) is 0 Å². The summed E-state index contributed by atoms with van der Waals surface area (Å²) in [6.07, 6.45) is 5.30. The molecule has 0 bridgehead atoms. The minimum absolute atomic E-state index is 0.348. The Labute approximate surface area is 115 Å². The van der Waals surface area contributed by atoms with Gasteiger partial charge in [0.25, 0.3) is 0 Å². The van der Waals surface area contributed by atoms with E-state index in [0.717, 1.165) is 5.02 Å². The number of aryl methyl sites for hydroxylation is 1. The van der Waals surface area contributed by atoms with Crippen molar-refractivity contribution in [2.75, 3.05) is 19.6 Å². The highest BCUT2D eigenvalue weighted by Crippen LogP contribution is 2.27. The molecule has 0 aromatic heterocycles. The van der Waals surface area contributed by atoms with Crippen LogP contribution in [0.1, 0.15) is 42.9 Å². The van der Waals surface area contributed by atoms with Crippen molar-refractivity contribution in [3.8, 4) is 0 Å². The fraction of sp³-hybridized carbons (Fsp3) is 0.600. The van der Waals surface area contributed by atoms with Gasteiger partial charge in [0.15, 0.2) is 0 Å². The fourth-order valence-electron chi connectivity index (χ4n) is 2.89. The van der Waals surface area contributed by atoms with Crippen molar-refractivity contribution in [1.82, 2.24) is 4.90 Å². The zero-order valence-corrected chi connectivity index (χ0v) is 11.9. The Morgan fingerprint density at radius 2 is 1.89 bits per heavy atom. The van der Waals surface area contributed by atoms with E-state index >= 15 is 0 Å². The average Bonchev–Trinajstić information content (AvgIpc) is 2.62. The van der Waals surface area contributed by atoms with Gasteiger partial charge in [0.2, 0.25) is 0 Å². The number of hydrogen-bond acceptors (Lipinski definition) is 2. The maximum absolute atomic E-state index is 6.03. The molecule has 100 valence electrons. The van der Waals surface area contributed by atoms with Crippen molar-refractivity contribution < 1.29 is 0 Å². The molecule has 1 unspecified atom stereocenters. The third-order valence-corrected chi connectivity index (χ3v) is 4.13. The van der Waals surface area contributed by atoms with Crippen LogP contribution in [0.15, 0.2) is 18.2 Å². The summed E-state index contributed by atoms with van der Waals surface area (Å²) in [5.41, 5.74) is 8.61. The highest BCUT2D eigenvalue weighted by molar-refractivity contribution is 6.30. The number of nitrogens with two attached hydrogens (primary N) is 1. The largest absolute Gasteiger partial charge is 0.329 e. The highest BCUT2D eigenvalue weighted by Gasteiger charge is 2.21. The first-order valence-electron chi connectivity index (χ1n) is 6.92. The van der Waals surface area contributed by atoms with E-state index in [2.05, 4.69) is 17.9 Å². The Kier molecular flexibility index (Phi) is 5.04. The van der Waals surface area contributed by atoms with Gasteiger partial charge in [-0.25, -0.2) is 0 Å². The smallest absolute Gasteiger partial charge is 0.0473 e. The summed E-state index contributed by atoms with van der Waals surface area (Å²) in [7, 11) is 0. The maximum Gasteiger partial charge on any atom is 0.0473 e. The molecule has 1 atom stereocenters. The number of likely N-dealkylation sites (tertiary alicyclic amines) is 1. The molecule has 2 rings (SSSR count). The van der Waals surface area contributed by atoms with Gasteiger partial charge in [-0.05, 0) is 56.1 Å². The highest BCUT2D eigenvalue weighted by atomic mass is 35.5. The zero-order valence-electron chi connectivity index (χ0n) is 11.2. The first-order valence-corrected chi connectivity index (χ1v) is 7.30. The Morgan fingerprint density at radius 3 is 2.44 bits per heavy atom. The van der Waals surface area contributed by atoms with Crippen molar-refractivity contribution in [3.63, 3.8) is 0 Å². The van der Waals surface area contributed by atoms with Crippen LogP contribution in [-0.2, 0) is 0 Å². The van der Waals surface area contributed by atoms with Crippen LogP contribution >= 0.6 is 11.6 Å². The second-order valence-corrected chi connectivity index (χ2v) is 5.64. The van der Waals surface area contributed by atoms with Gasteiger partial charge in [-0.1, -0.05) is 30.5 Å². The van der Waals surface area contributed by atoms with E-state index in [1.54, 1.807) is 0 Å². The SMILES string of the molecule is Cc1cc(Cl)ccc1C(CN)N1CCCCCC1. The van der Waals surface area contributed by atoms with Crippen LogP contribution < -0.4 is 5.73 Å². The van der Waals surface area contributed by atoms with Gasteiger partial charge in [0, 0.05) is 17.6 Å². The first-order chi connectivity index (χ1) is 8.72. The third-order valence-electron chi connectivity index (χ3n) is 3.90. The van der Waals surface area contributed by atoms with Crippen LogP contribution in [0.3, 0.4) is 0 Å². The molecule has 1 aromatic carbocycles. The Morgan fingerprint density at radius 1 is 1.22 bits per heavy atom. The summed E-state index contributed by atoms with van der Waals surface area (Å²) in [6.45, 7) is 5.15. The first kappa shape index (κ1) is 13.9. The molecular formula is C15H23ClN2. The number of rotatable bonds is 3. The lowest BCUT2D eigenvalue weighted by atomic mass is 9.99. The predicted octanol–water partition coefficient (Wildman–Crippen LogP) is 3.52. The van der Waals surface area contributed by atoms with Gasteiger partial charge in [-0.2, -0.15) is 0 Å². The second-order valence-electron chi connectivity index (χ2n) is 5.20. The van der Waals surface area contributed by atoms with E-state index in [4.69, 9.17) is 17.3 Å². The summed E-state index contributed by atoms with van der Waals surface area (Å²) < 4.78 is 0. The van der Waals surface area contributed by atoms with E-state index < -0.39 is 0 Å². The summed E-state index contributed by atoms with van der Waals surface area (Å²) in [4.78, 5) is 2.54. The van der Waals surface area contributed by atoms with Gasteiger partial charge in [0.05, 0.1) is 0 Å². The minimum atomic E-state index is 0.348. The van der Waals surface area contributed by atoms with Gasteiger partial charge < -0.3 is 5.73 Å². The molecule has 1 aromatic rings. The van der Waals surface area contributed by atoms with E-state index in [0.29, 0.717) is 12.6 Å². The van der Waals surface area contributed by atoms with Crippen LogP contribution in [0.25, 0.3) is 0 Å². The Hall–Kier alpha value is -0.570. The lowest BCUT2D eigenvalue weighted by Gasteiger charge is -2.31. The molecule has 1 saturated heterocycles. The van der Waals surface area contributed by atoms with Crippen molar-refractivity contribution in [1.29, 1.82) is 0 Å². The van der Waals surface area contributed by atoms with Crippen LogP contribution in [0.4, 0.5) is 0 Å². The fourth-order valence-corrected chi connectivity index (χ4v) is 3.12. The molecule has 18 heavy (non-hydrogen) atoms. The summed E-state index contributed by atoms with van der Waals surface area (Å²) >= 11 is 6.03. The van der Waals surface area contributed by atoms with Crippen molar-refractivity contribution in [3.05, 3.63) is 34.3 Å². The van der Waals surface area contributed by atoms with E-state index in [-0.39, 0.29) is 0 Å². The molecule has 3 heteroatoms. The topological polar surface area (TPSA) is 29.3 Å². The molecule has 0 saturated carbocycles. The molecule has 1 fully saturated rings. The van der Waals surface area contributed by atoms with Gasteiger partial charge in [-0.3, -0.25) is 4.90 Å². The van der Waals surface area contributed by atoms with Crippen LogP contribution in [-0.4, -0.2) is 24.5 Å². The van der Waals surface area contributed by atoms with Crippen molar-refractivity contribution in [2.24, 2.45) is 5.73 Å². The summed E-state index contributed by atoms with van der Waals surface area (Å²) in [6, 6.07) is 6.50. The minimum Gasteiger partial charge on any atom is -0.329 e. The lowest BCUT2D eigenvalue weighted by molar-refractivity contribution is 0.209. The van der Waals surface area contributed by atoms with Crippen LogP contribution in [0.2, 0.25) is 5.02 Å². The molecule has 0 radical (unpaired) electrons. The molecule has 1 aliphatic rings. The molecule has 0 amide bonds. The van der Waals surface area contributed by atoms with Crippen molar-refractivity contribution >= 4 is 11.6 Å². The van der Waals surface area contributed by atoms with Crippen molar-refractivity contribution in [2.45, 2.75) is 38.6 Å². The molecule has 2 nitrogen and oxygen atoms in total. The number of halogens is 1. The zero-order chi connectivity index (χ0) is 13.0. The normalized spacial score (nSPS) is 19.5. The number of hydrogen-bond donors (Lipinski definition) is 1. The standard InChI is InChI=1S/C15H23ClN2/c1-12-10-13(16)6-7-14(12)15(11-17)18-8-4-2-3-5-9-18/h6-7,10,15H,2-5,8-9,11,17H2,1H3. The molecule has 1 heterocycles. The van der Waals surface area contributed by atoms with E-state index in [1.165, 1.54) is 49.9 Å². The van der Waals surface area contributed by atoms with Gasteiger partial charge in [0.1, 0.15) is 0 Å². The quantitative estimate of drug-likeness (QED) is 0.907. The molecule has 1 aliphatic heterocycles. The lowest BCUT2D eigenvalue weighted by Crippen LogP contribution is -2.34. The summed E-state index contributed by atoms with van der Waals surface area (Å²) in [5, 5.41) is 0.808.